The Labute approximate surface area is 149 Å². The summed E-state index contributed by atoms with van der Waals surface area (Å²) in [6.45, 7) is 6.89. The van der Waals surface area contributed by atoms with E-state index in [0.717, 1.165) is 0 Å². The van der Waals surface area contributed by atoms with Crippen LogP contribution in [0, 0.1) is 29.3 Å². The second-order valence-corrected chi connectivity index (χ2v) is 6.65. The molecule has 1 aliphatic rings. The maximum atomic E-state index is 14.8. The van der Waals surface area contributed by atoms with Crippen LogP contribution >= 0.6 is 0 Å². The molecule has 1 atom stereocenters. The van der Waals surface area contributed by atoms with E-state index in [2.05, 4.69) is 20.9 Å². The number of nitrogens with zero attached hydrogens (tertiary/aromatic N) is 1. The minimum absolute atomic E-state index is 0.116. The van der Waals surface area contributed by atoms with Gasteiger partial charge in [-0.1, -0.05) is 13.8 Å². The highest BCUT2D eigenvalue weighted by Gasteiger charge is 2.28. The number of hydrogen-bond acceptors (Lipinski definition) is 4. The van der Waals surface area contributed by atoms with Crippen molar-refractivity contribution in [1.82, 2.24) is 4.98 Å². The van der Waals surface area contributed by atoms with Crippen molar-refractivity contribution >= 4 is 17.2 Å². The van der Waals surface area contributed by atoms with Crippen LogP contribution in [0.25, 0.3) is 11.1 Å². The van der Waals surface area contributed by atoms with E-state index in [1.807, 2.05) is 20.8 Å². The lowest BCUT2D eigenvalue weighted by Gasteiger charge is -2.28. The Hall–Kier alpha value is -2.51. The van der Waals surface area contributed by atoms with Crippen LogP contribution in [-0.2, 0) is 0 Å². The van der Waals surface area contributed by atoms with E-state index < -0.39 is 29.0 Å². The van der Waals surface area contributed by atoms with Crippen LogP contribution in [0.3, 0.4) is 0 Å². The van der Waals surface area contributed by atoms with E-state index in [9.17, 15) is 17.6 Å². The summed E-state index contributed by atoms with van der Waals surface area (Å²) in [6.07, 6.45) is 0. The Morgan fingerprint density at radius 3 is 2.19 bits per heavy atom. The number of rotatable bonds is 4. The lowest BCUT2D eigenvalue weighted by atomic mass is 9.99. The summed E-state index contributed by atoms with van der Waals surface area (Å²) < 4.78 is 56.8. The third kappa shape index (κ3) is 3.27. The van der Waals surface area contributed by atoms with Gasteiger partial charge in [0.05, 0.1) is 16.8 Å². The average molecular weight is 368 g/mol. The largest absolute Gasteiger partial charge is 0.380 e. The SMILES string of the molecule is CC(C)[C@@H](C)Nc1c2c(nc(F)c1-c1c(F)cc(F)cc1F)NCCN2. The molecule has 0 fully saturated rings. The Kier molecular flexibility index (Phi) is 4.93. The Balaban J connectivity index is 2.27. The summed E-state index contributed by atoms with van der Waals surface area (Å²) in [7, 11) is 0. The van der Waals surface area contributed by atoms with Crippen LogP contribution < -0.4 is 16.0 Å². The summed E-state index contributed by atoms with van der Waals surface area (Å²) in [6, 6.07) is 0.937. The summed E-state index contributed by atoms with van der Waals surface area (Å²) >= 11 is 0. The molecule has 26 heavy (non-hydrogen) atoms. The van der Waals surface area contributed by atoms with Crippen molar-refractivity contribution in [3.05, 3.63) is 35.5 Å². The van der Waals surface area contributed by atoms with Gasteiger partial charge in [-0.2, -0.15) is 9.37 Å². The monoisotopic (exact) mass is 368 g/mol. The van der Waals surface area contributed by atoms with Crippen molar-refractivity contribution in [2.45, 2.75) is 26.8 Å². The fourth-order valence-electron chi connectivity index (χ4n) is 2.77. The number of halogens is 4. The van der Waals surface area contributed by atoms with Crippen molar-refractivity contribution in [1.29, 1.82) is 0 Å². The number of benzene rings is 1. The Morgan fingerprint density at radius 2 is 1.58 bits per heavy atom. The van der Waals surface area contributed by atoms with Gasteiger partial charge in [0, 0.05) is 31.3 Å². The van der Waals surface area contributed by atoms with E-state index in [4.69, 9.17) is 0 Å². The molecule has 0 saturated heterocycles. The van der Waals surface area contributed by atoms with Crippen LogP contribution in [0.15, 0.2) is 12.1 Å². The highest BCUT2D eigenvalue weighted by atomic mass is 19.1. The topological polar surface area (TPSA) is 49.0 Å². The first kappa shape index (κ1) is 18.3. The number of hydrogen-bond donors (Lipinski definition) is 3. The first-order valence-corrected chi connectivity index (χ1v) is 8.42. The van der Waals surface area contributed by atoms with Gasteiger partial charge in [0.1, 0.15) is 23.1 Å². The zero-order valence-corrected chi connectivity index (χ0v) is 14.7. The molecule has 0 spiro atoms. The van der Waals surface area contributed by atoms with E-state index in [0.29, 0.717) is 30.9 Å². The molecule has 3 rings (SSSR count). The minimum atomic E-state index is -1.19. The quantitative estimate of drug-likeness (QED) is 0.545. The predicted molar refractivity (Wildman–Crippen MR) is 94.4 cm³/mol. The highest BCUT2D eigenvalue weighted by molar-refractivity contribution is 5.93. The first-order chi connectivity index (χ1) is 12.3. The second kappa shape index (κ2) is 7.01. The van der Waals surface area contributed by atoms with Gasteiger partial charge in [-0.05, 0) is 12.8 Å². The number of pyridine rings is 1. The summed E-state index contributed by atoms with van der Waals surface area (Å²) in [5, 5.41) is 9.19. The minimum Gasteiger partial charge on any atom is -0.380 e. The lowest BCUT2D eigenvalue weighted by molar-refractivity contribution is 0.540. The molecule has 0 bridgehead atoms. The molecule has 4 nitrogen and oxygen atoms in total. The molecule has 1 aromatic heterocycles. The lowest BCUT2D eigenvalue weighted by Crippen LogP contribution is -2.27. The molecule has 8 heteroatoms. The molecule has 0 radical (unpaired) electrons. The van der Waals surface area contributed by atoms with Gasteiger partial charge in [-0.3, -0.25) is 0 Å². The molecule has 140 valence electrons. The molecular formula is C18H20F4N4. The molecule has 0 unspecified atom stereocenters. The van der Waals surface area contributed by atoms with Gasteiger partial charge >= 0.3 is 0 Å². The second-order valence-electron chi connectivity index (χ2n) is 6.65. The summed E-state index contributed by atoms with van der Waals surface area (Å²) in [5.74, 6) is -4.05. The number of fused-ring (bicyclic) bond motifs is 1. The van der Waals surface area contributed by atoms with Crippen LogP contribution in [0.5, 0.6) is 0 Å². The van der Waals surface area contributed by atoms with Crippen molar-refractivity contribution < 1.29 is 17.6 Å². The summed E-state index contributed by atoms with van der Waals surface area (Å²) in [4.78, 5) is 3.80. The number of anilines is 3. The average Bonchev–Trinajstić information content (AvgIpc) is 2.56. The Morgan fingerprint density at radius 1 is 0.962 bits per heavy atom. The van der Waals surface area contributed by atoms with E-state index in [1.54, 1.807) is 0 Å². The van der Waals surface area contributed by atoms with Crippen LogP contribution in [0.2, 0.25) is 0 Å². The highest BCUT2D eigenvalue weighted by Crippen LogP contribution is 2.43. The van der Waals surface area contributed by atoms with Gasteiger partial charge in [0.25, 0.3) is 0 Å². The maximum absolute atomic E-state index is 14.8. The fourth-order valence-corrected chi connectivity index (χ4v) is 2.77. The first-order valence-electron chi connectivity index (χ1n) is 8.42. The van der Waals surface area contributed by atoms with E-state index in [1.165, 1.54) is 0 Å². The third-order valence-electron chi connectivity index (χ3n) is 4.50. The molecule has 0 aliphatic carbocycles. The van der Waals surface area contributed by atoms with Gasteiger partial charge in [-0.25, -0.2) is 13.2 Å². The Bertz CT molecular complexity index is 815. The summed E-state index contributed by atoms with van der Waals surface area (Å²) in [5.41, 5.74) is -0.374. The van der Waals surface area contributed by atoms with Crippen LogP contribution in [0.4, 0.5) is 34.8 Å². The van der Waals surface area contributed by atoms with Crippen LogP contribution in [-0.4, -0.2) is 24.1 Å². The zero-order valence-electron chi connectivity index (χ0n) is 14.7. The molecule has 1 aliphatic heterocycles. The smallest absolute Gasteiger partial charge is 0.225 e. The van der Waals surface area contributed by atoms with Gasteiger partial charge < -0.3 is 16.0 Å². The third-order valence-corrected chi connectivity index (χ3v) is 4.50. The van der Waals surface area contributed by atoms with E-state index >= 15 is 0 Å². The van der Waals surface area contributed by atoms with Crippen molar-refractivity contribution in [2.75, 3.05) is 29.0 Å². The molecule has 3 N–H and O–H groups in total. The number of aromatic nitrogens is 1. The maximum Gasteiger partial charge on any atom is 0.225 e. The number of nitrogens with one attached hydrogen (secondary N) is 3. The standard InChI is InChI=1S/C18H20F4N4/c1-8(2)9(3)25-15-14(13-11(20)6-10(19)7-12(13)21)17(22)26-18-16(15)23-4-5-24-18/h6-9,23H,4-5H2,1-3H3,(H2,24,25,26)/t9-/m1/s1. The molecule has 2 heterocycles. The van der Waals surface area contributed by atoms with Gasteiger partial charge in [-0.15, -0.1) is 0 Å². The van der Waals surface area contributed by atoms with E-state index in [-0.39, 0.29) is 29.0 Å². The van der Waals surface area contributed by atoms with Crippen molar-refractivity contribution in [2.24, 2.45) is 5.92 Å². The van der Waals surface area contributed by atoms with Gasteiger partial charge in [0.2, 0.25) is 5.95 Å². The van der Waals surface area contributed by atoms with Crippen molar-refractivity contribution in [3.8, 4) is 11.1 Å². The molecule has 0 saturated carbocycles. The van der Waals surface area contributed by atoms with Crippen molar-refractivity contribution in [3.63, 3.8) is 0 Å². The molecular weight excluding hydrogens is 348 g/mol. The molecule has 0 amide bonds. The van der Waals surface area contributed by atoms with Crippen LogP contribution in [0.1, 0.15) is 20.8 Å². The molecule has 1 aromatic carbocycles. The molecule has 2 aromatic rings. The fraction of sp³-hybridized carbons (Fsp3) is 0.389. The zero-order chi connectivity index (χ0) is 19.0. The normalized spacial score (nSPS) is 14.5. The van der Waals surface area contributed by atoms with Gasteiger partial charge in [0.15, 0.2) is 5.82 Å². The predicted octanol–water partition coefficient (Wildman–Crippen LogP) is 4.60.